The second kappa shape index (κ2) is 7.63. The summed E-state index contributed by atoms with van der Waals surface area (Å²) >= 11 is 13.3. The molecule has 0 fully saturated rings. The van der Waals surface area contributed by atoms with E-state index in [1.54, 1.807) is 42.5 Å². The number of anilines is 2. The van der Waals surface area contributed by atoms with Gasteiger partial charge in [-0.15, -0.1) is 0 Å². The Morgan fingerprint density at radius 1 is 1.00 bits per heavy atom. The van der Waals surface area contributed by atoms with Crippen molar-refractivity contribution in [1.82, 2.24) is 4.98 Å². The van der Waals surface area contributed by atoms with E-state index in [2.05, 4.69) is 15.6 Å². The van der Waals surface area contributed by atoms with Crippen LogP contribution in [0.15, 0.2) is 59.2 Å². The number of thiazole rings is 1. The van der Waals surface area contributed by atoms with Crippen molar-refractivity contribution in [2.75, 3.05) is 10.6 Å². The first-order valence-electron chi connectivity index (χ1n) is 8.01. The van der Waals surface area contributed by atoms with Crippen LogP contribution in [0.25, 0.3) is 10.2 Å². The van der Waals surface area contributed by atoms with E-state index in [1.807, 2.05) is 0 Å². The standard InChI is InChI=1S/C19H11Cl2N3O3S/c20-10-3-5-13(21)12(8-10)17(25)22-11-4-6-14-16(9-11)28-19(23-14)24-18(26)15-2-1-7-27-15/h1-9H,(H,22,25)(H,23,24,26). The monoisotopic (exact) mass is 431 g/mol. The number of rotatable bonds is 4. The van der Waals surface area contributed by atoms with Crippen LogP contribution < -0.4 is 10.6 Å². The van der Waals surface area contributed by atoms with Gasteiger partial charge in [0.05, 0.1) is 27.1 Å². The van der Waals surface area contributed by atoms with Crippen LogP contribution in [-0.4, -0.2) is 16.8 Å². The lowest BCUT2D eigenvalue weighted by Gasteiger charge is -2.07. The number of furan rings is 1. The molecule has 0 unspecified atom stereocenters. The molecule has 0 aliphatic heterocycles. The third kappa shape index (κ3) is 3.87. The van der Waals surface area contributed by atoms with Crippen molar-refractivity contribution in [1.29, 1.82) is 0 Å². The van der Waals surface area contributed by atoms with Gasteiger partial charge in [0.2, 0.25) is 0 Å². The van der Waals surface area contributed by atoms with E-state index in [4.69, 9.17) is 27.6 Å². The highest BCUT2D eigenvalue weighted by molar-refractivity contribution is 7.22. The topological polar surface area (TPSA) is 84.2 Å². The fourth-order valence-electron chi connectivity index (χ4n) is 2.49. The van der Waals surface area contributed by atoms with E-state index in [-0.39, 0.29) is 23.1 Å². The van der Waals surface area contributed by atoms with Crippen LogP contribution in [0.3, 0.4) is 0 Å². The molecule has 0 bridgehead atoms. The minimum atomic E-state index is -0.381. The number of nitrogens with zero attached hydrogens (tertiary/aromatic N) is 1. The van der Waals surface area contributed by atoms with Gasteiger partial charge in [0.25, 0.3) is 11.8 Å². The van der Waals surface area contributed by atoms with E-state index in [0.29, 0.717) is 26.4 Å². The third-order valence-corrected chi connectivity index (χ3v) is 5.28. The fraction of sp³-hybridized carbons (Fsp3) is 0. The largest absolute Gasteiger partial charge is 0.459 e. The molecule has 0 saturated heterocycles. The van der Waals surface area contributed by atoms with Crippen molar-refractivity contribution in [3.05, 3.63) is 76.2 Å². The number of amides is 2. The molecule has 0 aliphatic carbocycles. The maximum atomic E-state index is 12.5. The molecule has 2 N–H and O–H groups in total. The van der Waals surface area contributed by atoms with Gasteiger partial charge in [-0.3, -0.25) is 14.9 Å². The predicted molar refractivity (Wildman–Crippen MR) is 111 cm³/mol. The molecule has 2 aromatic heterocycles. The zero-order chi connectivity index (χ0) is 19.7. The number of benzene rings is 2. The maximum Gasteiger partial charge on any atom is 0.293 e. The van der Waals surface area contributed by atoms with Gasteiger partial charge in [0.1, 0.15) is 0 Å². The van der Waals surface area contributed by atoms with E-state index in [1.165, 1.54) is 23.7 Å². The quantitative estimate of drug-likeness (QED) is 0.433. The third-order valence-electron chi connectivity index (χ3n) is 3.78. The number of hydrogen-bond donors (Lipinski definition) is 2. The zero-order valence-corrected chi connectivity index (χ0v) is 16.4. The van der Waals surface area contributed by atoms with Crippen molar-refractivity contribution in [2.45, 2.75) is 0 Å². The lowest BCUT2D eigenvalue weighted by molar-refractivity contribution is 0.0994. The van der Waals surface area contributed by atoms with E-state index in [0.717, 1.165) is 4.70 Å². The summed E-state index contributed by atoms with van der Waals surface area (Å²) in [6.07, 6.45) is 1.42. The molecular weight excluding hydrogens is 421 g/mol. The summed E-state index contributed by atoms with van der Waals surface area (Å²) in [6.45, 7) is 0. The van der Waals surface area contributed by atoms with Crippen LogP contribution in [0.1, 0.15) is 20.9 Å². The molecule has 0 radical (unpaired) electrons. The molecule has 0 saturated carbocycles. The van der Waals surface area contributed by atoms with Gasteiger partial charge >= 0.3 is 0 Å². The number of hydrogen-bond acceptors (Lipinski definition) is 5. The lowest BCUT2D eigenvalue weighted by Crippen LogP contribution is -2.12. The van der Waals surface area contributed by atoms with Crippen LogP contribution in [0.5, 0.6) is 0 Å². The average Bonchev–Trinajstić information content (AvgIpc) is 3.32. The van der Waals surface area contributed by atoms with Crippen LogP contribution >= 0.6 is 34.5 Å². The second-order valence-electron chi connectivity index (χ2n) is 5.71. The summed E-state index contributed by atoms with van der Waals surface area (Å²) in [5.74, 6) is -0.554. The first-order valence-corrected chi connectivity index (χ1v) is 9.59. The van der Waals surface area contributed by atoms with Crippen LogP contribution in [-0.2, 0) is 0 Å². The molecule has 0 aliphatic rings. The summed E-state index contributed by atoms with van der Waals surface area (Å²) in [5.41, 5.74) is 1.55. The number of fused-ring (bicyclic) bond motifs is 1. The zero-order valence-electron chi connectivity index (χ0n) is 14.0. The Hall–Kier alpha value is -2.87. The van der Waals surface area contributed by atoms with Gasteiger partial charge in [-0.05, 0) is 48.5 Å². The predicted octanol–water partition coefficient (Wildman–Crippen LogP) is 5.70. The van der Waals surface area contributed by atoms with Crippen LogP contribution in [0, 0.1) is 0 Å². The molecule has 0 atom stereocenters. The summed E-state index contributed by atoms with van der Waals surface area (Å²) in [6, 6.07) is 13.1. The van der Waals surface area contributed by atoms with Gasteiger partial charge in [-0.2, -0.15) is 0 Å². The molecule has 9 heteroatoms. The van der Waals surface area contributed by atoms with Crippen molar-refractivity contribution < 1.29 is 14.0 Å². The summed E-state index contributed by atoms with van der Waals surface area (Å²) < 4.78 is 5.86. The summed E-state index contributed by atoms with van der Waals surface area (Å²) in [5, 5.41) is 6.63. The van der Waals surface area contributed by atoms with E-state index in [9.17, 15) is 9.59 Å². The molecule has 4 rings (SSSR count). The number of carbonyl (C=O) groups excluding carboxylic acids is 2. The molecule has 2 aromatic carbocycles. The highest BCUT2D eigenvalue weighted by atomic mass is 35.5. The van der Waals surface area contributed by atoms with Crippen molar-refractivity contribution in [2.24, 2.45) is 0 Å². The molecule has 6 nitrogen and oxygen atoms in total. The van der Waals surface area contributed by atoms with Gasteiger partial charge in [-0.1, -0.05) is 34.5 Å². The maximum absolute atomic E-state index is 12.5. The summed E-state index contributed by atoms with van der Waals surface area (Å²) in [4.78, 5) is 28.9. The number of aromatic nitrogens is 1. The molecule has 2 heterocycles. The van der Waals surface area contributed by atoms with E-state index < -0.39 is 0 Å². The molecule has 140 valence electrons. The van der Waals surface area contributed by atoms with E-state index >= 15 is 0 Å². The van der Waals surface area contributed by atoms with Crippen LogP contribution in [0.2, 0.25) is 10.0 Å². The van der Waals surface area contributed by atoms with Crippen molar-refractivity contribution in [3.8, 4) is 0 Å². The number of carbonyl (C=O) groups is 2. The average molecular weight is 432 g/mol. The van der Waals surface area contributed by atoms with Gasteiger partial charge in [-0.25, -0.2) is 4.98 Å². The second-order valence-corrected chi connectivity index (χ2v) is 7.59. The van der Waals surface area contributed by atoms with Gasteiger partial charge in [0, 0.05) is 10.7 Å². The minimum absolute atomic E-state index is 0.200. The van der Waals surface area contributed by atoms with Crippen molar-refractivity contribution >= 4 is 67.4 Å². The highest BCUT2D eigenvalue weighted by Gasteiger charge is 2.14. The Morgan fingerprint density at radius 2 is 1.86 bits per heavy atom. The fourth-order valence-corrected chi connectivity index (χ4v) is 3.77. The Morgan fingerprint density at radius 3 is 2.64 bits per heavy atom. The summed E-state index contributed by atoms with van der Waals surface area (Å²) in [7, 11) is 0. The minimum Gasteiger partial charge on any atom is -0.459 e. The molecule has 0 spiro atoms. The number of nitrogens with one attached hydrogen (secondary N) is 2. The Kier molecular flexibility index (Phi) is 5.04. The first-order chi connectivity index (χ1) is 13.5. The Labute approximate surface area is 173 Å². The van der Waals surface area contributed by atoms with Gasteiger partial charge in [0.15, 0.2) is 10.9 Å². The van der Waals surface area contributed by atoms with Crippen molar-refractivity contribution in [3.63, 3.8) is 0 Å². The molecular formula is C19H11Cl2N3O3S. The molecule has 2 amide bonds. The highest BCUT2D eigenvalue weighted by Crippen LogP contribution is 2.29. The Bertz CT molecular complexity index is 1190. The molecule has 4 aromatic rings. The SMILES string of the molecule is O=C(Nc1nc2ccc(NC(=O)c3cc(Cl)ccc3Cl)cc2s1)c1ccco1. The first kappa shape index (κ1) is 18.5. The van der Waals surface area contributed by atoms with Crippen LogP contribution in [0.4, 0.5) is 10.8 Å². The lowest BCUT2D eigenvalue weighted by atomic mass is 10.2. The Balaban J connectivity index is 1.54. The smallest absolute Gasteiger partial charge is 0.293 e. The van der Waals surface area contributed by atoms with Gasteiger partial charge < -0.3 is 9.73 Å². The molecule has 28 heavy (non-hydrogen) atoms. The number of halogens is 2. The normalized spacial score (nSPS) is 10.8.